The van der Waals surface area contributed by atoms with Crippen molar-refractivity contribution in [1.82, 2.24) is 5.32 Å². The molecule has 3 aromatic carbocycles. The molecule has 2 N–H and O–H groups in total. The lowest BCUT2D eigenvalue weighted by Crippen LogP contribution is -2.34. The Morgan fingerprint density at radius 1 is 0.844 bits per heavy atom. The third-order valence-corrected chi connectivity index (χ3v) is 5.98. The van der Waals surface area contributed by atoms with Crippen LogP contribution in [0.4, 0.5) is 10.5 Å². The Balaban J connectivity index is 1.58. The maximum absolute atomic E-state index is 12.3. The van der Waals surface area contributed by atoms with E-state index >= 15 is 0 Å². The van der Waals surface area contributed by atoms with Crippen molar-refractivity contribution in [1.29, 1.82) is 0 Å². The van der Waals surface area contributed by atoms with Crippen molar-refractivity contribution in [3.05, 3.63) is 95.6 Å². The topological polar surface area (TPSA) is 67.4 Å². The number of urea groups is 1. The number of imide groups is 1. The van der Waals surface area contributed by atoms with Crippen molar-refractivity contribution in [2.24, 2.45) is 0 Å². The summed E-state index contributed by atoms with van der Waals surface area (Å²) in [6.07, 6.45) is 1.95. The first kappa shape index (κ1) is 23.1. The number of carbonyl (C=O) groups is 2. The quantitative estimate of drug-likeness (QED) is 0.454. The molecule has 32 heavy (non-hydrogen) atoms. The van der Waals surface area contributed by atoms with Crippen LogP contribution in [-0.2, 0) is 5.41 Å². The third kappa shape index (κ3) is 5.55. The lowest BCUT2D eigenvalue weighted by molar-refractivity contribution is 0.0966. The van der Waals surface area contributed by atoms with E-state index in [-0.39, 0.29) is 5.41 Å². The standard InChI is InChI=1S/C27H30N2O3/c1-4-27(5-2,21-12-7-6-8-13-21)19-32-23-17-15-22(16-18-23)28-26(31)29-25(30)24-14-10-9-11-20(24)3/h6-18H,4-5,19H2,1-3H3,(H2,28,29,30,31). The Hall–Kier alpha value is -3.60. The van der Waals surface area contributed by atoms with Gasteiger partial charge in [-0.25, -0.2) is 4.79 Å². The fourth-order valence-corrected chi connectivity index (χ4v) is 3.75. The minimum Gasteiger partial charge on any atom is -0.493 e. The summed E-state index contributed by atoms with van der Waals surface area (Å²) in [6, 6.07) is 24.2. The lowest BCUT2D eigenvalue weighted by atomic mass is 9.76. The molecule has 3 aromatic rings. The number of hydrogen-bond donors (Lipinski definition) is 2. The molecule has 3 rings (SSSR count). The molecular weight excluding hydrogens is 400 g/mol. The largest absolute Gasteiger partial charge is 0.493 e. The van der Waals surface area contributed by atoms with Crippen LogP contribution in [0.15, 0.2) is 78.9 Å². The molecule has 0 aliphatic carbocycles. The van der Waals surface area contributed by atoms with E-state index in [9.17, 15) is 9.59 Å². The molecule has 3 amide bonds. The monoisotopic (exact) mass is 430 g/mol. The molecule has 5 heteroatoms. The van der Waals surface area contributed by atoms with Crippen LogP contribution in [0.25, 0.3) is 0 Å². The van der Waals surface area contributed by atoms with Gasteiger partial charge < -0.3 is 10.1 Å². The van der Waals surface area contributed by atoms with Gasteiger partial charge in [0.1, 0.15) is 5.75 Å². The zero-order valence-electron chi connectivity index (χ0n) is 18.9. The van der Waals surface area contributed by atoms with E-state index < -0.39 is 11.9 Å². The number of carbonyl (C=O) groups excluding carboxylic acids is 2. The van der Waals surface area contributed by atoms with Crippen LogP contribution in [0.5, 0.6) is 5.75 Å². The van der Waals surface area contributed by atoms with E-state index in [1.165, 1.54) is 5.56 Å². The minimum absolute atomic E-state index is 0.0476. The number of aryl methyl sites for hydroxylation is 1. The summed E-state index contributed by atoms with van der Waals surface area (Å²) in [7, 11) is 0. The van der Waals surface area contributed by atoms with Crippen molar-refractivity contribution in [3.8, 4) is 5.75 Å². The average Bonchev–Trinajstić information content (AvgIpc) is 2.82. The zero-order valence-corrected chi connectivity index (χ0v) is 18.9. The molecule has 166 valence electrons. The summed E-state index contributed by atoms with van der Waals surface area (Å²) >= 11 is 0. The molecule has 0 bridgehead atoms. The van der Waals surface area contributed by atoms with Gasteiger partial charge in [0, 0.05) is 16.7 Å². The van der Waals surface area contributed by atoms with E-state index in [1.807, 2.05) is 37.3 Å². The van der Waals surface area contributed by atoms with Crippen molar-refractivity contribution in [2.45, 2.75) is 39.0 Å². The molecule has 0 saturated heterocycles. The molecule has 0 unspecified atom stereocenters. The van der Waals surface area contributed by atoms with E-state index in [0.29, 0.717) is 17.9 Å². The first-order valence-electron chi connectivity index (χ1n) is 10.9. The first-order valence-corrected chi connectivity index (χ1v) is 10.9. The molecule has 0 aromatic heterocycles. The average molecular weight is 431 g/mol. The van der Waals surface area contributed by atoms with Crippen LogP contribution in [0.2, 0.25) is 0 Å². The highest BCUT2D eigenvalue weighted by Crippen LogP contribution is 2.32. The van der Waals surface area contributed by atoms with Gasteiger partial charge >= 0.3 is 6.03 Å². The van der Waals surface area contributed by atoms with Gasteiger partial charge in [0.05, 0.1) is 6.61 Å². The SMILES string of the molecule is CCC(CC)(COc1ccc(NC(=O)NC(=O)c2ccccc2C)cc1)c1ccccc1. The Kier molecular flexibility index (Phi) is 7.66. The predicted molar refractivity (Wildman–Crippen MR) is 128 cm³/mol. The Bertz CT molecular complexity index is 1040. The predicted octanol–water partition coefficient (Wildman–Crippen LogP) is 6.09. The van der Waals surface area contributed by atoms with Crippen LogP contribution in [-0.4, -0.2) is 18.5 Å². The van der Waals surface area contributed by atoms with Gasteiger partial charge in [-0.15, -0.1) is 0 Å². The van der Waals surface area contributed by atoms with Gasteiger partial charge in [0.15, 0.2) is 0 Å². The van der Waals surface area contributed by atoms with Gasteiger partial charge in [-0.2, -0.15) is 0 Å². The molecule has 0 fully saturated rings. The smallest absolute Gasteiger partial charge is 0.326 e. The highest BCUT2D eigenvalue weighted by Gasteiger charge is 2.29. The van der Waals surface area contributed by atoms with Crippen LogP contribution >= 0.6 is 0 Å². The number of amides is 3. The summed E-state index contributed by atoms with van der Waals surface area (Å²) in [5, 5.41) is 5.04. The van der Waals surface area contributed by atoms with Gasteiger partial charge in [-0.1, -0.05) is 62.4 Å². The summed E-state index contributed by atoms with van der Waals surface area (Å²) in [5.74, 6) is 0.297. The van der Waals surface area contributed by atoms with E-state index in [4.69, 9.17) is 4.74 Å². The summed E-state index contributed by atoms with van der Waals surface area (Å²) < 4.78 is 6.12. The van der Waals surface area contributed by atoms with Crippen LogP contribution in [0, 0.1) is 6.92 Å². The molecule has 0 aliphatic heterocycles. The van der Waals surface area contributed by atoms with Gasteiger partial charge in [0.2, 0.25) is 0 Å². The normalized spacial score (nSPS) is 11.0. The maximum atomic E-state index is 12.3. The Morgan fingerprint density at radius 2 is 1.47 bits per heavy atom. The van der Waals surface area contributed by atoms with Gasteiger partial charge in [-0.3, -0.25) is 10.1 Å². The Labute approximate surface area is 189 Å². The lowest BCUT2D eigenvalue weighted by Gasteiger charge is -2.32. The second-order valence-electron chi connectivity index (χ2n) is 7.89. The fourth-order valence-electron chi connectivity index (χ4n) is 3.75. The Morgan fingerprint density at radius 3 is 2.09 bits per heavy atom. The number of anilines is 1. The summed E-state index contributed by atoms with van der Waals surface area (Å²) in [5.41, 5.74) is 3.09. The third-order valence-electron chi connectivity index (χ3n) is 5.98. The number of ether oxygens (including phenoxy) is 1. The summed E-state index contributed by atoms with van der Waals surface area (Å²) in [4.78, 5) is 24.5. The van der Waals surface area contributed by atoms with Crippen molar-refractivity contribution < 1.29 is 14.3 Å². The second-order valence-corrected chi connectivity index (χ2v) is 7.89. The zero-order chi connectivity index (χ0) is 23.0. The minimum atomic E-state index is -0.577. The molecule has 0 saturated carbocycles. The maximum Gasteiger partial charge on any atom is 0.326 e. The van der Waals surface area contributed by atoms with E-state index in [2.05, 4.69) is 48.7 Å². The van der Waals surface area contributed by atoms with Gasteiger partial charge in [0.25, 0.3) is 5.91 Å². The number of benzene rings is 3. The van der Waals surface area contributed by atoms with Crippen LogP contribution < -0.4 is 15.4 Å². The van der Waals surface area contributed by atoms with Gasteiger partial charge in [-0.05, 0) is 61.2 Å². The van der Waals surface area contributed by atoms with Crippen LogP contribution in [0.1, 0.15) is 48.2 Å². The fraction of sp³-hybridized carbons (Fsp3) is 0.259. The molecule has 0 heterocycles. The van der Waals surface area contributed by atoms with E-state index in [0.717, 1.165) is 24.2 Å². The van der Waals surface area contributed by atoms with E-state index in [1.54, 1.807) is 24.3 Å². The number of nitrogens with one attached hydrogen (secondary N) is 2. The molecular formula is C27H30N2O3. The van der Waals surface area contributed by atoms with Crippen molar-refractivity contribution in [2.75, 3.05) is 11.9 Å². The molecule has 0 spiro atoms. The second kappa shape index (κ2) is 10.6. The summed E-state index contributed by atoms with van der Waals surface area (Å²) in [6.45, 7) is 6.77. The highest BCUT2D eigenvalue weighted by atomic mass is 16.5. The van der Waals surface area contributed by atoms with Crippen LogP contribution in [0.3, 0.4) is 0 Å². The van der Waals surface area contributed by atoms with Crippen molar-refractivity contribution >= 4 is 17.6 Å². The van der Waals surface area contributed by atoms with Crippen molar-refractivity contribution in [3.63, 3.8) is 0 Å². The molecule has 0 radical (unpaired) electrons. The molecule has 0 atom stereocenters. The number of rotatable bonds is 8. The molecule has 0 aliphatic rings. The number of hydrogen-bond acceptors (Lipinski definition) is 3. The highest BCUT2D eigenvalue weighted by molar-refractivity contribution is 6.08. The first-order chi connectivity index (χ1) is 15.5. The molecule has 5 nitrogen and oxygen atoms in total.